The lowest BCUT2D eigenvalue weighted by atomic mass is 10.1. The molecule has 4 heteroatoms. The van der Waals surface area contributed by atoms with Crippen LogP contribution < -0.4 is 11.1 Å². The third kappa shape index (κ3) is 2.21. The number of hydrogen-bond donors (Lipinski definition) is 2. The van der Waals surface area contributed by atoms with Gasteiger partial charge < -0.3 is 15.8 Å². The molecule has 1 fully saturated rings. The highest BCUT2D eigenvalue weighted by molar-refractivity contribution is 5.65. The summed E-state index contributed by atoms with van der Waals surface area (Å²) in [6, 6.07) is 8.10. The molecule has 1 saturated carbocycles. The van der Waals surface area contributed by atoms with Gasteiger partial charge in [-0.15, -0.1) is 0 Å². The Bertz CT molecular complexity index is 361. The first-order valence-electron chi connectivity index (χ1n) is 4.94. The predicted octanol–water partition coefficient (Wildman–Crippen LogP) is 1.68. The number of carbonyl (C=O) groups excluding carboxylic acids is 1. The van der Waals surface area contributed by atoms with Gasteiger partial charge in [0.15, 0.2) is 0 Å². The zero-order valence-corrected chi connectivity index (χ0v) is 8.57. The summed E-state index contributed by atoms with van der Waals surface area (Å²) >= 11 is 0. The third-order valence-corrected chi connectivity index (χ3v) is 2.63. The highest BCUT2D eigenvalue weighted by atomic mass is 16.6. The smallest absolute Gasteiger partial charge is 0.404 e. The van der Waals surface area contributed by atoms with Crippen LogP contribution in [-0.4, -0.2) is 19.2 Å². The summed E-state index contributed by atoms with van der Waals surface area (Å²) in [5.74, 6) is 0.323. The van der Waals surface area contributed by atoms with Crippen LogP contribution in [0.2, 0.25) is 0 Å². The van der Waals surface area contributed by atoms with Crippen LogP contribution in [-0.2, 0) is 4.74 Å². The van der Waals surface area contributed by atoms with Gasteiger partial charge in [-0.1, -0.05) is 12.1 Å². The lowest BCUT2D eigenvalue weighted by Gasteiger charge is -2.03. The summed E-state index contributed by atoms with van der Waals surface area (Å²) in [4.78, 5) is 10.5. The summed E-state index contributed by atoms with van der Waals surface area (Å²) in [6.45, 7) is 0. The van der Waals surface area contributed by atoms with Crippen LogP contribution in [0.25, 0.3) is 0 Å². The van der Waals surface area contributed by atoms with Gasteiger partial charge in [-0.05, 0) is 24.1 Å². The van der Waals surface area contributed by atoms with Crippen LogP contribution in [0.4, 0.5) is 10.5 Å². The first-order chi connectivity index (χ1) is 7.20. The molecule has 3 N–H and O–H groups in total. The molecule has 0 aromatic heterocycles. The molecule has 2 atom stereocenters. The van der Waals surface area contributed by atoms with E-state index in [0.717, 1.165) is 12.1 Å². The normalized spacial score (nSPS) is 23.3. The van der Waals surface area contributed by atoms with Crippen molar-refractivity contribution in [3.05, 3.63) is 29.8 Å². The Labute approximate surface area is 88.4 Å². The second-order valence-electron chi connectivity index (χ2n) is 3.69. The highest BCUT2D eigenvalue weighted by Crippen LogP contribution is 2.43. The quantitative estimate of drug-likeness (QED) is 0.790. The molecule has 80 valence electrons. The van der Waals surface area contributed by atoms with E-state index in [4.69, 9.17) is 10.5 Å². The molecule has 1 aromatic carbocycles. The Morgan fingerprint density at radius 3 is 2.67 bits per heavy atom. The molecule has 1 aliphatic carbocycles. The van der Waals surface area contributed by atoms with Crippen LogP contribution in [0.15, 0.2) is 24.3 Å². The van der Waals surface area contributed by atoms with Gasteiger partial charge in [0.1, 0.15) is 6.10 Å². The minimum absolute atomic E-state index is 0.0251. The van der Waals surface area contributed by atoms with E-state index in [1.165, 1.54) is 5.56 Å². The van der Waals surface area contributed by atoms with Gasteiger partial charge in [0.2, 0.25) is 0 Å². The number of benzene rings is 1. The van der Waals surface area contributed by atoms with Crippen LogP contribution in [0, 0.1) is 0 Å². The number of nitrogens with one attached hydrogen (secondary N) is 1. The maximum absolute atomic E-state index is 10.5. The van der Waals surface area contributed by atoms with Gasteiger partial charge in [0.05, 0.1) is 0 Å². The number of anilines is 1. The number of ether oxygens (including phenoxy) is 1. The van der Waals surface area contributed by atoms with Crippen molar-refractivity contribution >= 4 is 11.8 Å². The van der Waals surface area contributed by atoms with Crippen molar-refractivity contribution < 1.29 is 9.53 Å². The molecule has 1 aliphatic rings. The Balaban J connectivity index is 1.97. The van der Waals surface area contributed by atoms with Gasteiger partial charge >= 0.3 is 6.09 Å². The number of carbonyl (C=O) groups is 1. The van der Waals surface area contributed by atoms with E-state index in [-0.39, 0.29) is 6.10 Å². The zero-order valence-electron chi connectivity index (χ0n) is 8.57. The molecule has 15 heavy (non-hydrogen) atoms. The van der Waals surface area contributed by atoms with Crippen molar-refractivity contribution in [2.75, 3.05) is 12.4 Å². The number of primary amides is 1. The fourth-order valence-electron chi connectivity index (χ4n) is 1.70. The predicted molar refractivity (Wildman–Crippen MR) is 57.8 cm³/mol. The average molecular weight is 206 g/mol. The largest absolute Gasteiger partial charge is 0.446 e. The Hall–Kier alpha value is -1.71. The van der Waals surface area contributed by atoms with E-state index in [1.54, 1.807) is 0 Å². The minimum atomic E-state index is -0.686. The molecular formula is C11H14N2O2. The lowest BCUT2D eigenvalue weighted by molar-refractivity contribution is 0.147. The topological polar surface area (TPSA) is 64.3 Å². The SMILES string of the molecule is CNc1ccc(C2CC2OC(N)=O)cc1. The van der Waals surface area contributed by atoms with Gasteiger partial charge in [-0.25, -0.2) is 4.79 Å². The molecule has 0 spiro atoms. The molecular weight excluding hydrogens is 192 g/mol. The van der Waals surface area contributed by atoms with Crippen LogP contribution >= 0.6 is 0 Å². The molecule has 2 rings (SSSR count). The molecule has 0 heterocycles. The standard InChI is InChI=1S/C11H14N2O2/c1-13-8-4-2-7(3-5-8)9-6-10(9)15-11(12)14/h2-5,9-10,13H,6H2,1H3,(H2,12,14). The van der Waals surface area contributed by atoms with Gasteiger partial charge in [-0.3, -0.25) is 0 Å². The number of hydrogen-bond acceptors (Lipinski definition) is 3. The first kappa shape index (κ1) is 9.83. The van der Waals surface area contributed by atoms with E-state index < -0.39 is 6.09 Å². The first-order valence-corrected chi connectivity index (χ1v) is 4.94. The summed E-state index contributed by atoms with van der Waals surface area (Å²) < 4.78 is 4.91. The Kier molecular flexibility index (Phi) is 2.49. The average Bonchev–Trinajstić information content (AvgIpc) is 2.96. The van der Waals surface area contributed by atoms with Crippen LogP contribution in [0.1, 0.15) is 17.9 Å². The molecule has 1 aromatic rings. The molecule has 4 nitrogen and oxygen atoms in total. The van der Waals surface area contributed by atoms with Crippen LogP contribution in [0.3, 0.4) is 0 Å². The zero-order chi connectivity index (χ0) is 10.8. The Morgan fingerprint density at radius 1 is 1.47 bits per heavy atom. The summed E-state index contributed by atoms with van der Waals surface area (Å²) in [5.41, 5.74) is 7.22. The van der Waals surface area contributed by atoms with Crippen molar-refractivity contribution in [2.24, 2.45) is 5.73 Å². The number of rotatable bonds is 3. The Morgan fingerprint density at radius 2 is 2.13 bits per heavy atom. The van der Waals surface area contributed by atoms with E-state index in [0.29, 0.717) is 5.92 Å². The van der Waals surface area contributed by atoms with Crippen molar-refractivity contribution in [1.82, 2.24) is 0 Å². The lowest BCUT2D eigenvalue weighted by Crippen LogP contribution is -2.14. The molecule has 1 amide bonds. The summed E-state index contributed by atoms with van der Waals surface area (Å²) in [5, 5.41) is 3.05. The second-order valence-corrected chi connectivity index (χ2v) is 3.69. The monoisotopic (exact) mass is 206 g/mol. The summed E-state index contributed by atoms with van der Waals surface area (Å²) in [6.07, 6.45) is 0.166. The molecule has 0 radical (unpaired) electrons. The van der Waals surface area contributed by atoms with Crippen LogP contribution in [0.5, 0.6) is 0 Å². The van der Waals surface area contributed by atoms with Crippen molar-refractivity contribution in [3.8, 4) is 0 Å². The number of nitrogens with two attached hydrogens (primary N) is 1. The van der Waals surface area contributed by atoms with E-state index in [9.17, 15) is 4.79 Å². The van der Waals surface area contributed by atoms with Gasteiger partial charge in [0, 0.05) is 18.7 Å². The fraction of sp³-hybridized carbons (Fsp3) is 0.364. The highest BCUT2D eigenvalue weighted by Gasteiger charge is 2.41. The second kappa shape index (κ2) is 3.81. The third-order valence-electron chi connectivity index (χ3n) is 2.63. The van der Waals surface area contributed by atoms with Crippen molar-refractivity contribution in [2.45, 2.75) is 18.4 Å². The van der Waals surface area contributed by atoms with Crippen molar-refractivity contribution in [3.63, 3.8) is 0 Å². The van der Waals surface area contributed by atoms with Gasteiger partial charge in [0.25, 0.3) is 0 Å². The van der Waals surface area contributed by atoms with E-state index in [2.05, 4.69) is 5.32 Å². The maximum atomic E-state index is 10.5. The van der Waals surface area contributed by atoms with Gasteiger partial charge in [-0.2, -0.15) is 0 Å². The number of amides is 1. The van der Waals surface area contributed by atoms with Crippen molar-refractivity contribution in [1.29, 1.82) is 0 Å². The maximum Gasteiger partial charge on any atom is 0.404 e. The molecule has 2 unspecified atom stereocenters. The minimum Gasteiger partial charge on any atom is -0.446 e. The molecule has 0 aliphatic heterocycles. The molecule has 0 bridgehead atoms. The molecule has 0 saturated heterocycles. The van der Waals surface area contributed by atoms with E-state index >= 15 is 0 Å². The fourth-order valence-corrected chi connectivity index (χ4v) is 1.70. The van der Waals surface area contributed by atoms with E-state index in [1.807, 2.05) is 31.3 Å². The summed E-state index contributed by atoms with van der Waals surface area (Å²) in [7, 11) is 1.88.